The topological polar surface area (TPSA) is 72.0 Å². The summed E-state index contributed by atoms with van der Waals surface area (Å²) < 4.78 is 5.67. The number of amidine groups is 1. The van der Waals surface area contributed by atoms with Gasteiger partial charge >= 0.3 is 0 Å². The zero-order valence-corrected chi connectivity index (χ0v) is 8.05. The third-order valence-corrected chi connectivity index (χ3v) is 1.89. The molecule has 4 nitrogen and oxygen atoms in total. The number of nitrogens with zero attached hydrogens (tertiary/aromatic N) is 1. The first-order valence-corrected chi connectivity index (χ1v) is 3.99. The molecule has 5 heteroatoms. The minimum absolute atomic E-state index is 0.0687. The Balaban J connectivity index is 3.13. The maximum atomic E-state index is 7.12. The van der Waals surface area contributed by atoms with Crippen molar-refractivity contribution in [3.63, 3.8) is 0 Å². The molecule has 3 N–H and O–H groups in total. The summed E-state index contributed by atoms with van der Waals surface area (Å²) in [7, 11) is 1.51. The molecule has 0 saturated carbocycles. The summed E-state index contributed by atoms with van der Waals surface area (Å²) in [5, 5.41) is 7.12. The Morgan fingerprint density at radius 2 is 2.33 bits per heavy atom. The number of aromatic nitrogens is 1. The van der Waals surface area contributed by atoms with Crippen molar-refractivity contribution >= 4 is 21.8 Å². The van der Waals surface area contributed by atoms with Crippen molar-refractivity contribution in [3.05, 3.63) is 22.3 Å². The molecule has 1 aromatic heterocycles. The SMILES string of the molecule is COc1nc(C(=N)N)ccc1Br. The van der Waals surface area contributed by atoms with E-state index in [1.165, 1.54) is 7.11 Å². The second-order valence-electron chi connectivity index (χ2n) is 2.10. The van der Waals surface area contributed by atoms with E-state index in [2.05, 4.69) is 20.9 Å². The van der Waals surface area contributed by atoms with E-state index >= 15 is 0 Å². The monoisotopic (exact) mass is 229 g/mol. The van der Waals surface area contributed by atoms with Gasteiger partial charge in [0.25, 0.3) is 0 Å². The van der Waals surface area contributed by atoms with Crippen LogP contribution >= 0.6 is 15.9 Å². The molecule has 0 fully saturated rings. The summed E-state index contributed by atoms with van der Waals surface area (Å²) in [6, 6.07) is 3.39. The second kappa shape index (κ2) is 3.53. The van der Waals surface area contributed by atoms with E-state index in [9.17, 15) is 0 Å². The van der Waals surface area contributed by atoms with E-state index in [-0.39, 0.29) is 5.84 Å². The summed E-state index contributed by atoms with van der Waals surface area (Å²) in [6.45, 7) is 0. The van der Waals surface area contributed by atoms with Gasteiger partial charge in [0.2, 0.25) is 5.88 Å². The Morgan fingerprint density at radius 3 is 2.83 bits per heavy atom. The number of nitrogen functional groups attached to an aromatic ring is 1. The van der Waals surface area contributed by atoms with E-state index < -0.39 is 0 Å². The van der Waals surface area contributed by atoms with Crippen molar-refractivity contribution in [1.29, 1.82) is 5.41 Å². The van der Waals surface area contributed by atoms with Crippen LogP contribution in [-0.4, -0.2) is 17.9 Å². The fraction of sp³-hybridized carbons (Fsp3) is 0.143. The quantitative estimate of drug-likeness (QED) is 0.591. The Morgan fingerprint density at radius 1 is 1.67 bits per heavy atom. The highest BCUT2D eigenvalue weighted by molar-refractivity contribution is 9.10. The maximum absolute atomic E-state index is 7.12. The predicted molar refractivity (Wildman–Crippen MR) is 49.5 cm³/mol. The lowest BCUT2D eigenvalue weighted by Crippen LogP contribution is -2.13. The van der Waals surface area contributed by atoms with Crippen molar-refractivity contribution < 1.29 is 4.74 Å². The molecule has 0 aromatic carbocycles. The molecule has 0 aliphatic rings. The van der Waals surface area contributed by atoms with Crippen LogP contribution in [0.5, 0.6) is 5.88 Å². The van der Waals surface area contributed by atoms with Gasteiger partial charge in [-0.2, -0.15) is 0 Å². The van der Waals surface area contributed by atoms with Gasteiger partial charge in [-0.15, -0.1) is 0 Å². The molecule has 0 bridgehead atoms. The lowest BCUT2D eigenvalue weighted by Gasteiger charge is -2.03. The maximum Gasteiger partial charge on any atom is 0.228 e. The van der Waals surface area contributed by atoms with Crippen LogP contribution in [0.1, 0.15) is 5.69 Å². The standard InChI is InChI=1S/C7H8BrN3O/c1-12-7-4(8)2-3-5(11-7)6(9)10/h2-3H,1H3,(H3,9,10). The lowest BCUT2D eigenvalue weighted by atomic mass is 10.3. The first-order chi connectivity index (χ1) is 5.65. The van der Waals surface area contributed by atoms with Gasteiger partial charge in [-0.05, 0) is 28.1 Å². The fourth-order valence-corrected chi connectivity index (χ4v) is 1.10. The Bertz CT molecular complexity index is 314. The van der Waals surface area contributed by atoms with Crippen LogP contribution in [0.3, 0.4) is 0 Å². The largest absolute Gasteiger partial charge is 0.480 e. The summed E-state index contributed by atoms with van der Waals surface area (Å²) in [5.41, 5.74) is 5.65. The number of ether oxygens (including phenoxy) is 1. The third-order valence-electron chi connectivity index (χ3n) is 1.28. The third kappa shape index (κ3) is 1.73. The number of pyridine rings is 1. The van der Waals surface area contributed by atoms with Gasteiger partial charge in [0.1, 0.15) is 11.5 Å². The Kier molecular flexibility index (Phi) is 2.65. The van der Waals surface area contributed by atoms with Gasteiger partial charge in [0.15, 0.2) is 0 Å². The molecule has 0 unspecified atom stereocenters. The lowest BCUT2D eigenvalue weighted by molar-refractivity contribution is 0.394. The van der Waals surface area contributed by atoms with Crippen LogP contribution in [0.4, 0.5) is 0 Å². The predicted octanol–water partition coefficient (Wildman–Crippen LogP) is 1.14. The smallest absolute Gasteiger partial charge is 0.228 e. The minimum atomic E-state index is -0.0687. The average Bonchev–Trinajstić information content (AvgIpc) is 2.05. The molecule has 1 rings (SSSR count). The van der Waals surface area contributed by atoms with Crippen molar-refractivity contribution in [3.8, 4) is 5.88 Å². The molecule has 0 radical (unpaired) electrons. The van der Waals surface area contributed by atoms with Crippen molar-refractivity contribution in [1.82, 2.24) is 4.98 Å². The highest BCUT2D eigenvalue weighted by Gasteiger charge is 2.04. The van der Waals surface area contributed by atoms with Gasteiger partial charge in [-0.25, -0.2) is 4.98 Å². The van der Waals surface area contributed by atoms with Crippen LogP contribution in [0.2, 0.25) is 0 Å². The molecule has 0 aliphatic carbocycles. The van der Waals surface area contributed by atoms with Gasteiger partial charge in [-0.1, -0.05) is 0 Å². The Hall–Kier alpha value is -1.10. The van der Waals surface area contributed by atoms with Crippen molar-refractivity contribution in [2.24, 2.45) is 5.73 Å². The van der Waals surface area contributed by atoms with Crippen molar-refractivity contribution in [2.75, 3.05) is 7.11 Å². The zero-order chi connectivity index (χ0) is 9.14. The van der Waals surface area contributed by atoms with Gasteiger partial charge in [0, 0.05) is 0 Å². The first-order valence-electron chi connectivity index (χ1n) is 3.20. The molecule has 0 saturated heterocycles. The molecule has 0 aliphatic heterocycles. The summed E-state index contributed by atoms with van der Waals surface area (Å²) >= 11 is 3.24. The zero-order valence-electron chi connectivity index (χ0n) is 6.47. The van der Waals surface area contributed by atoms with E-state index in [1.54, 1.807) is 12.1 Å². The number of hydrogen-bond acceptors (Lipinski definition) is 3. The minimum Gasteiger partial charge on any atom is -0.480 e. The normalized spacial score (nSPS) is 9.50. The van der Waals surface area contributed by atoms with Crippen molar-refractivity contribution in [2.45, 2.75) is 0 Å². The number of halogens is 1. The molecular formula is C7H8BrN3O. The first kappa shape index (κ1) is 8.99. The molecule has 12 heavy (non-hydrogen) atoms. The summed E-state index contributed by atoms with van der Waals surface area (Å²) in [6.07, 6.45) is 0. The van der Waals surface area contributed by atoms with Gasteiger partial charge < -0.3 is 10.5 Å². The van der Waals surface area contributed by atoms with E-state index in [1.807, 2.05) is 0 Å². The van der Waals surface area contributed by atoms with Crippen LogP contribution < -0.4 is 10.5 Å². The van der Waals surface area contributed by atoms with E-state index in [0.717, 1.165) is 4.47 Å². The summed E-state index contributed by atoms with van der Waals surface area (Å²) in [5.74, 6) is 0.364. The molecule has 1 aromatic rings. The highest BCUT2D eigenvalue weighted by Crippen LogP contribution is 2.21. The number of methoxy groups -OCH3 is 1. The number of nitrogens with one attached hydrogen (secondary N) is 1. The van der Waals surface area contributed by atoms with E-state index in [0.29, 0.717) is 11.6 Å². The molecule has 64 valence electrons. The van der Waals surface area contributed by atoms with Crippen LogP contribution in [0.15, 0.2) is 16.6 Å². The molecule has 0 amide bonds. The fourth-order valence-electron chi connectivity index (χ4n) is 0.717. The summed E-state index contributed by atoms with van der Waals surface area (Å²) in [4.78, 5) is 3.97. The number of rotatable bonds is 2. The molecular weight excluding hydrogens is 222 g/mol. The highest BCUT2D eigenvalue weighted by atomic mass is 79.9. The second-order valence-corrected chi connectivity index (χ2v) is 2.96. The van der Waals surface area contributed by atoms with Crippen LogP contribution in [0, 0.1) is 5.41 Å². The number of hydrogen-bond donors (Lipinski definition) is 2. The van der Waals surface area contributed by atoms with Crippen LogP contribution in [-0.2, 0) is 0 Å². The molecule has 0 atom stereocenters. The van der Waals surface area contributed by atoms with E-state index in [4.69, 9.17) is 15.9 Å². The Labute approximate surface area is 78.4 Å². The molecule has 0 spiro atoms. The van der Waals surface area contributed by atoms with Gasteiger partial charge in [-0.3, -0.25) is 5.41 Å². The van der Waals surface area contributed by atoms with Gasteiger partial charge in [0.05, 0.1) is 11.6 Å². The molecule has 1 heterocycles. The number of nitrogens with two attached hydrogens (primary N) is 1. The average molecular weight is 230 g/mol. The van der Waals surface area contributed by atoms with Crippen LogP contribution in [0.25, 0.3) is 0 Å².